The van der Waals surface area contributed by atoms with Crippen LogP contribution in [0.1, 0.15) is 36.0 Å². The summed E-state index contributed by atoms with van der Waals surface area (Å²) in [6, 6.07) is 5.23. The molecule has 1 aromatic carbocycles. The number of benzene rings is 1. The number of nitro groups is 1. The fraction of sp³-hybridized carbons (Fsp3) is 0.429. The fourth-order valence-corrected chi connectivity index (χ4v) is 1.99. The smallest absolute Gasteiger partial charge is 0.306 e. The summed E-state index contributed by atoms with van der Waals surface area (Å²) in [5.41, 5.74) is 0.218. The van der Waals surface area contributed by atoms with Gasteiger partial charge in [0.2, 0.25) is 0 Å². The Kier molecular flexibility index (Phi) is 4.45. The molecule has 0 bridgehead atoms. The number of ether oxygens (including phenoxy) is 1. The number of carbonyl (C=O) groups excluding carboxylic acids is 2. The van der Waals surface area contributed by atoms with Crippen molar-refractivity contribution in [3.05, 3.63) is 39.9 Å². The van der Waals surface area contributed by atoms with Gasteiger partial charge in [-0.15, -0.1) is 0 Å². The number of Topliss-reactive ketones (excluding diaryl/α,β-unsaturated/α-hetero) is 1. The molecule has 1 saturated carbocycles. The van der Waals surface area contributed by atoms with Gasteiger partial charge in [-0.1, -0.05) is 6.42 Å². The Bertz CT molecular complexity index is 519. The summed E-state index contributed by atoms with van der Waals surface area (Å²) in [4.78, 5) is 33.2. The largest absolute Gasteiger partial charge is 0.457 e. The maximum atomic E-state index is 11.8. The molecule has 0 atom stereocenters. The van der Waals surface area contributed by atoms with Gasteiger partial charge in [0.25, 0.3) is 5.69 Å². The molecule has 1 aliphatic carbocycles. The topological polar surface area (TPSA) is 86.5 Å². The Morgan fingerprint density at radius 3 is 2.40 bits per heavy atom. The minimum atomic E-state index is -0.535. The molecule has 0 saturated heterocycles. The second-order valence-electron chi connectivity index (χ2n) is 4.89. The first-order chi connectivity index (χ1) is 9.56. The summed E-state index contributed by atoms with van der Waals surface area (Å²) < 4.78 is 4.92. The van der Waals surface area contributed by atoms with Gasteiger partial charge in [0.05, 0.1) is 4.92 Å². The predicted molar refractivity (Wildman–Crippen MR) is 70.3 cm³/mol. The first-order valence-corrected chi connectivity index (χ1v) is 6.49. The summed E-state index contributed by atoms with van der Waals surface area (Å²) in [7, 11) is 0. The summed E-state index contributed by atoms with van der Waals surface area (Å²) in [6.07, 6.45) is 3.62. The molecule has 2 rings (SSSR count). The molecule has 6 nitrogen and oxygen atoms in total. The monoisotopic (exact) mass is 277 g/mol. The van der Waals surface area contributed by atoms with Crippen LogP contribution in [0.3, 0.4) is 0 Å². The third-order valence-corrected chi connectivity index (χ3v) is 3.44. The molecule has 106 valence electrons. The van der Waals surface area contributed by atoms with Crippen LogP contribution in [-0.2, 0) is 9.53 Å². The summed E-state index contributed by atoms with van der Waals surface area (Å²) in [5, 5.41) is 10.5. The highest BCUT2D eigenvalue weighted by atomic mass is 16.6. The molecule has 1 fully saturated rings. The van der Waals surface area contributed by atoms with E-state index in [0.717, 1.165) is 19.3 Å². The van der Waals surface area contributed by atoms with E-state index in [1.165, 1.54) is 24.3 Å². The Morgan fingerprint density at radius 1 is 1.25 bits per heavy atom. The molecular formula is C14H15NO5. The first kappa shape index (κ1) is 14.2. The normalized spacial score (nSPS) is 14.4. The molecule has 1 aliphatic rings. The van der Waals surface area contributed by atoms with Crippen molar-refractivity contribution in [2.75, 3.05) is 6.61 Å². The van der Waals surface area contributed by atoms with Crippen molar-refractivity contribution in [2.24, 2.45) is 5.92 Å². The molecule has 0 N–H and O–H groups in total. The third-order valence-electron chi connectivity index (χ3n) is 3.44. The number of hydrogen-bond acceptors (Lipinski definition) is 5. The molecule has 6 heteroatoms. The van der Waals surface area contributed by atoms with Crippen LogP contribution in [-0.4, -0.2) is 23.3 Å². The Hall–Kier alpha value is -2.24. The van der Waals surface area contributed by atoms with Crippen LogP contribution in [0.25, 0.3) is 0 Å². The van der Waals surface area contributed by atoms with Crippen LogP contribution in [0.15, 0.2) is 24.3 Å². The Labute approximate surface area is 115 Å². The second kappa shape index (κ2) is 6.27. The molecule has 0 radical (unpaired) electrons. The van der Waals surface area contributed by atoms with Gasteiger partial charge in [-0.2, -0.15) is 0 Å². The molecule has 0 amide bonds. The molecule has 0 unspecified atom stereocenters. The number of esters is 1. The van der Waals surface area contributed by atoms with E-state index < -0.39 is 4.92 Å². The summed E-state index contributed by atoms with van der Waals surface area (Å²) in [5.74, 6) is -0.316. The average Bonchev–Trinajstić information content (AvgIpc) is 2.40. The molecule has 0 aromatic heterocycles. The number of ketones is 1. The summed E-state index contributed by atoms with van der Waals surface area (Å²) >= 11 is 0. The van der Waals surface area contributed by atoms with Gasteiger partial charge in [0.1, 0.15) is 0 Å². The zero-order valence-corrected chi connectivity index (χ0v) is 10.9. The van der Waals surface area contributed by atoms with E-state index in [1.54, 1.807) is 0 Å². The first-order valence-electron chi connectivity index (χ1n) is 6.49. The highest BCUT2D eigenvalue weighted by Gasteiger charge is 2.22. The number of rotatable bonds is 6. The van der Waals surface area contributed by atoms with Gasteiger partial charge in [-0.25, -0.2) is 0 Å². The molecular weight excluding hydrogens is 262 g/mol. The highest BCUT2D eigenvalue weighted by Crippen LogP contribution is 2.29. The van der Waals surface area contributed by atoms with Crippen molar-refractivity contribution in [2.45, 2.75) is 25.7 Å². The minimum absolute atomic E-state index is 0.0801. The maximum absolute atomic E-state index is 11.8. The molecule has 20 heavy (non-hydrogen) atoms. The van der Waals surface area contributed by atoms with Gasteiger partial charge >= 0.3 is 5.97 Å². The van der Waals surface area contributed by atoms with Crippen molar-refractivity contribution >= 4 is 17.4 Å². The molecule has 0 spiro atoms. The Morgan fingerprint density at radius 2 is 1.90 bits per heavy atom. The standard InChI is InChI=1S/C14H15NO5/c16-13(9-20-14(17)8-10-2-1-3-10)11-4-6-12(7-5-11)15(18)19/h4-7,10H,1-3,8-9H2. The lowest BCUT2D eigenvalue weighted by Gasteiger charge is -2.23. The van der Waals surface area contributed by atoms with E-state index in [2.05, 4.69) is 0 Å². The molecule has 1 aromatic rings. The van der Waals surface area contributed by atoms with Gasteiger partial charge in [-0.05, 0) is 30.9 Å². The van der Waals surface area contributed by atoms with E-state index >= 15 is 0 Å². The number of carbonyl (C=O) groups is 2. The van der Waals surface area contributed by atoms with Gasteiger partial charge in [-0.3, -0.25) is 19.7 Å². The fourth-order valence-electron chi connectivity index (χ4n) is 1.99. The molecule has 0 aliphatic heterocycles. The van der Waals surface area contributed by atoms with Crippen molar-refractivity contribution in [3.63, 3.8) is 0 Å². The zero-order chi connectivity index (χ0) is 14.5. The quantitative estimate of drug-likeness (QED) is 0.345. The van der Waals surface area contributed by atoms with Crippen LogP contribution >= 0.6 is 0 Å². The Balaban J connectivity index is 1.81. The average molecular weight is 277 g/mol. The van der Waals surface area contributed by atoms with E-state index in [1.807, 2.05) is 0 Å². The zero-order valence-electron chi connectivity index (χ0n) is 10.9. The number of nitro benzene ring substituents is 1. The predicted octanol–water partition coefficient (Wildman–Crippen LogP) is 2.51. The third kappa shape index (κ3) is 3.63. The number of nitrogens with zero attached hydrogens (tertiary/aromatic N) is 1. The minimum Gasteiger partial charge on any atom is -0.457 e. The number of non-ortho nitro benzene ring substituents is 1. The lowest BCUT2D eigenvalue weighted by molar-refractivity contribution is -0.384. The van der Waals surface area contributed by atoms with Crippen molar-refractivity contribution in [1.82, 2.24) is 0 Å². The SMILES string of the molecule is O=C(CC1CCC1)OCC(=O)c1ccc([N+](=O)[O-])cc1. The van der Waals surface area contributed by atoms with Crippen LogP contribution in [0.4, 0.5) is 5.69 Å². The maximum Gasteiger partial charge on any atom is 0.306 e. The molecule has 0 heterocycles. The van der Waals surface area contributed by atoms with Crippen molar-refractivity contribution < 1.29 is 19.2 Å². The van der Waals surface area contributed by atoms with Gasteiger partial charge < -0.3 is 4.74 Å². The van der Waals surface area contributed by atoms with Gasteiger partial charge in [0, 0.05) is 24.1 Å². The lowest BCUT2D eigenvalue weighted by atomic mass is 9.83. The van der Waals surface area contributed by atoms with E-state index in [9.17, 15) is 19.7 Å². The second-order valence-corrected chi connectivity index (χ2v) is 4.89. The van der Waals surface area contributed by atoms with Crippen molar-refractivity contribution in [1.29, 1.82) is 0 Å². The lowest BCUT2D eigenvalue weighted by Crippen LogP contribution is -2.20. The highest BCUT2D eigenvalue weighted by molar-refractivity contribution is 5.98. The van der Waals surface area contributed by atoms with Crippen LogP contribution in [0, 0.1) is 16.0 Å². The summed E-state index contributed by atoms with van der Waals surface area (Å²) in [6.45, 7) is -0.316. The van der Waals surface area contributed by atoms with Gasteiger partial charge in [0.15, 0.2) is 12.4 Å². The van der Waals surface area contributed by atoms with E-state index in [-0.39, 0.29) is 24.0 Å². The van der Waals surface area contributed by atoms with Crippen LogP contribution in [0.5, 0.6) is 0 Å². The van der Waals surface area contributed by atoms with Crippen molar-refractivity contribution in [3.8, 4) is 0 Å². The van der Waals surface area contributed by atoms with E-state index in [4.69, 9.17) is 4.74 Å². The van der Waals surface area contributed by atoms with E-state index in [0.29, 0.717) is 17.9 Å². The van der Waals surface area contributed by atoms with Crippen LogP contribution in [0.2, 0.25) is 0 Å². The number of hydrogen-bond donors (Lipinski definition) is 0. The van der Waals surface area contributed by atoms with Crippen LogP contribution < -0.4 is 0 Å².